The molecule has 1 N–H and O–H groups in total. The number of ether oxygens (including phenoxy) is 1. The highest BCUT2D eigenvalue weighted by Crippen LogP contribution is 2.61. The predicted octanol–water partition coefficient (Wildman–Crippen LogP) is 3.22. The summed E-state index contributed by atoms with van der Waals surface area (Å²) in [5, 5.41) is 3.59. The minimum atomic E-state index is 0.581. The number of hydrogen-bond acceptors (Lipinski definition) is 2. The van der Waals surface area contributed by atoms with Crippen LogP contribution in [0.2, 0.25) is 0 Å². The monoisotopic (exact) mass is 251 g/mol. The number of likely N-dealkylation sites (N-methyl/N-ethyl adjacent to an activating group) is 1. The number of rotatable bonds is 6. The van der Waals surface area contributed by atoms with Gasteiger partial charge in [0.1, 0.15) is 0 Å². The molecular formula is C16H29NO. The zero-order valence-corrected chi connectivity index (χ0v) is 12.1. The van der Waals surface area contributed by atoms with E-state index in [1.807, 2.05) is 0 Å². The van der Waals surface area contributed by atoms with Gasteiger partial charge in [0, 0.05) is 12.6 Å². The van der Waals surface area contributed by atoms with Crippen molar-refractivity contribution in [3.63, 3.8) is 0 Å². The fourth-order valence-electron chi connectivity index (χ4n) is 5.52. The molecule has 4 bridgehead atoms. The molecule has 0 aromatic heterocycles. The fourth-order valence-corrected chi connectivity index (χ4v) is 5.52. The van der Waals surface area contributed by atoms with E-state index in [-0.39, 0.29) is 0 Å². The molecule has 4 fully saturated rings. The summed E-state index contributed by atoms with van der Waals surface area (Å²) in [6.45, 7) is 4.04. The van der Waals surface area contributed by atoms with Gasteiger partial charge in [0.25, 0.3) is 0 Å². The predicted molar refractivity (Wildman–Crippen MR) is 74.6 cm³/mol. The summed E-state index contributed by atoms with van der Waals surface area (Å²) in [5.74, 6) is 3.12. The smallest absolute Gasteiger partial charge is 0.0624 e. The van der Waals surface area contributed by atoms with Crippen molar-refractivity contribution in [1.82, 2.24) is 5.32 Å². The van der Waals surface area contributed by atoms with Crippen molar-refractivity contribution >= 4 is 0 Å². The van der Waals surface area contributed by atoms with Crippen LogP contribution in [0.1, 0.15) is 51.9 Å². The number of nitrogens with one attached hydrogen (secondary N) is 1. The van der Waals surface area contributed by atoms with E-state index < -0.39 is 0 Å². The number of hydrogen-bond donors (Lipinski definition) is 1. The molecule has 0 radical (unpaired) electrons. The molecule has 0 saturated heterocycles. The van der Waals surface area contributed by atoms with E-state index in [1.54, 1.807) is 0 Å². The van der Waals surface area contributed by atoms with Crippen LogP contribution in [0.3, 0.4) is 0 Å². The molecule has 0 spiro atoms. The second-order valence-electron chi connectivity index (χ2n) is 7.20. The van der Waals surface area contributed by atoms with E-state index in [9.17, 15) is 0 Å². The van der Waals surface area contributed by atoms with E-state index in [4.69, 9.17) is 4.74 Å². The molecule has 104 valence electrons. The third kappa shape index (κ3) is 2.22. The van der Waals surface area contributed by atoms with Gasteiger partial charge >= 0.3 is 0 Å². The minimum Gasteiger partial charge on any atom is -0.380 e. The van der Waals surface area contributed by atoms with Crippen LogP contribution in [-0.4, -0.2) is 26.3 Å². The van der Waals surface area contributed by atoms with Crippen molar-refractivity contribution in [1.29, 1.82) is 0 Å². The highest BCUT2D eigenvalue weighted by molar-refractivity contribution is 5.05. The van der Waals surface area contributed by atoms with Gasteiger partial charge in [0.15, 0.2) is 0 Å². The van der Waals surface area contributed by atoms with Gasteiger partial charge in [-0.05, 0) is 75.2 Å². The molecule has 4 aliphatic carbocycles. The second-order valence-corrected chi connectivity index (χ2v) is 7.20. The highest BCUT2D eigenvalue weighted by atomic mass is 16.5. The van der Waals surface area contributed by atoms with E-state index >= 15 is 0 Å². The van der Waals surface area contributed by atoms with Crippen LogP contribution in [0.15, 0.2) is 0 Å². The van der Waals surface area contributed by atoms with Crippen LogP contribution < -0.4 is 5.32 Å². The van der Waals surface area contributed by atoms with Crippen LogP contribution >= 0.6 is 0 Å². The molecule has 0 aromatic carbocycles. The van der Waals surface area contributed by atoms with E-state index in [1.165, 1.54) is 38.5 Å². The van der Waals surface area contributed by atoms with Gasteiger partial charge in [-0.1, -0.05) is 6.92 Å². The van der Waals surface area contributed by atoms with Crippen molar-refractivity contribution in [2.45, 2.75) is 57.9 Å². The Morgan fingerprint density at radius 3 is 2.11 bits per heavy atom. The molecule has 0 heterocycles. The summed E-state index contributed by atoms with van der Waals surface area (Å²) >= 11 is 0. The van der Waals surface area contributed by atoms with Crippen molar-refractivity contribution in [3.05, 3.63) is 0 Å². The summed E-state index contributed by atoms with van der Waals surface area (Å²) in [6.07, 6.45) is 10.2. The van der Waals surface area contributed by atoms with Gasteiger partial charge < -0.3 is 10.1 Å². The lowest BCUT2D eigenvalue weighted by Gasteiger charge is -2.59. The topological polar surface area (TPSA) is 21.3 Å². The molecular weight excluding hydrogens is 222 g/mol. The Bertz CT molecular complexity index is 254. The maximum absolute atomic E-state index is 5.86. The molecule has 2 heteroatoms. The Hall–Kier alpha value is -0.0800. The molecule has 18 heavy (non-hydrogen) atoms. The second kappa shape index (κ2) is 5.13. The van der Waals surface area contributed by atoms with Gasteiger partial charge in [0.2, 0.25) is 0 Å². The van der Waals surface area contributed by atoms with Gasteiger partial charge in [-0.3, -0.25) is 0 Å². The van der Waals surface area contributed by atoms with Gasteiger partial charge in [-0.2, -0.15) is 0 Å². The summed E-state index contributed by atoms with van der Waals surface area (Å²) in [7, 11) is 2.14. The molecule has 0 aromatic rings. The first-order valence-electron chi connectivity index (χ1n) is 8.00. The lowest BCUT2D eigenvalue weighted by Crippen LogP contribution is -2.56. The van der Waals surface area contributed by atoms with Gasteiger partial charge in [0.05, 0.1) is 6.61 Å². The SMILES string of the molecule is CCCOCC(NC)C12CC3CC(CC(C3)C1)C2. The molecule has 2 nitrogen and oxygen atoms in total. The van der Waals surface area contributed by atoms with E-state index in [0.717, 1.165) is 37.4 Å². The molecule has 0 aliphatic heterocycles. The molecule has 4 saturated carbocycles. The van der Waals surface area contributed by atoms with Crippen molar-refractivity contribution in [2.24, 2.45) is 23.2 Å². The molecule has 4 rings (SSSR count). The molecule has 4 aliphatic rings. The fraction of sp³-hybridized carbons (Fsp3) is 1.00. The van der Waals surface area contributed by atoms with Crippen LogP contribution in [0.4, 0.5) is 0 Å². The quantitative estimate of drug-likeness (QED) is 0.732. The third-order valence-electron chi connectivity index (χ3n) is 5.81. The largest absolute Gasteiger partial charge is 0.380 e. The zero-order valence-electron chi connectivity index (χ0n) is 12.1. The average Bonchev–Trinajstić information content (AvgIpc) is 2.32. The maximum atomic E-state index is 5.86. The summed E-state index contributed by atoms with van der Waals surface area (Å²) in [5.41, 5.74) is 0.581. The Morgan fingerprint density at radius 2 is 1.67 bits per heavy atom. The van der Waals surface area contributed by atoms with Crippen LogP contribution in [0.25, 0.3) is 0 Å². The highest BCUT2D eigenvalue weighted by Gasteiger charge is 2.53. The van der Waals surface area contributed by atoms with E-state index in [2.05, 4.69) is 19.3 Å². The Morgan fingerprint density at radius 1 is 1.11 bits per heavy atom. The normalized spacial score (nSPS) is 43.3. The average molecular weight is 251 g/mol. The lowest BCUT2D eigenvalue weighted by molar-refractivity contribution is -0.0872. The Kier molecular flexibility index (Phi) is 3.68. The van der Waals surface area contributed by atoms with Crippen molar-refractivity contribution in [3.8, 4) is 0 Å². The van der Waals surface area contributed by atoms with Gasteiger partial charge in [-0.15, -0.1) is 0 Å². The van der Waals surface area contributed by atoms with E-state index in [0.29, 0.717) is 11.5 Å². The van der Waals surface area contributed by atoms with Gasteiger partial charge in [-0.25, -0.2) is 0 Å². The molecule has 1 unspecified atom stereocenters. The van der Waals surface area contributed by atoms with Crippen LogP contribution in [-0.2, 0) is 4.74 Å². The summed E-state index contributed by atoms with van der Waals surface area (Å²) < 4.78 is 5.86. The van der Waals surface area contributed by atoms with Crippen LogP contribution in [0, 0.1) is 23.2 Å². The summed E-state index contributed by atoms with van der Waals surface area (Å²) in [6, 6.07) is 0.595. The third-order valence-corrected chi connectivity index (χ3v) is 5.81. The maximum Gasteiger partial charge on any atom is 0.0624 e. The standard InChI is InChI=1S/C16H29NO/c1-3-4-18-11-15(17-2)16-8-12-5-13(9-16)7-14(6-12)10-16/h12-15,17H,3-11H2,1-2H3. The lowest BCUT2D eigenvalue weighted by atomic mass is 9.48. The first kappa shape index (κ1) is 12.9. The minimum absolute atomic E-state index is 0.581. The molecule has 1 atom stereocenters. The summed E-state index contributed by atoms with van der Waals surface area (Å²) in [4.78, 5) is 0. The zero-order chi connectivity index (χ0) is 12.6. The van der Waals surface area contributed by atoms with Crippen molar-refractivity contribution < 1.29 is 4.74 Å². The Balaban J connectivity index is 1.68. The van der Waals surface area contributed by atoms with Crippen LogP contribution in [0.5, 0.6) is 0 Å². The first-order valence-corrected chi connectivity index (χ1v) is 8.00. The van der Waals surface area contributed by atoms with Crippen molar-refractivity contribution in [2.75, 3.05) is 20.3 Å². The Labute approximate surface area is 112 Å². The first-order chi connectivity index (χ1) is 8.75. The molecule has 0 amide bonds.